The number of hydrogen-bond acceptors (Lipinski definition) is 3. The molecule has 3 heteroatoms. The van der Waals surface area contributed by atoms with Crippen LogP contribution in [0, 0.1) is 5.92 Å². The molecule has 22 rings (SSSR count). The zero-order chi connectivity index (χ0) is 75.8. The lowest BCUT2D eigenvalue weighted by Crippen LogP contribution is -2.10. The number of fused-ring (bicyclic) bond motifs is 18. The van der Waals surface area contributed by atoms with Crippen molar-refractivity contribution in [2.45, 2.75) is 46.5 Å². The number of rotatable bonds is 9. The third kappa shape index (κ3) is 12.5. The Morgan fingerprint density at radius 2 is 0.513 bits per heavy atom. The lowest BCUT2D eigenvalue weighted by atomic mass is 9.84. The van der Waals surface area contributed by atoms with Gasteiger partial charge in [0.15, 0.2) is 0 Å². The van der Waals surface area contributed by atoms with Gasteiger partial charge < -0.3 is 13.3 Å². The van der Waals surface area contributed by atoms with Gasteiger partial charge in [0.05, 0.1) is 0 Å². The summed E-state index contributed by atoms with van der Waals surface area (Å²) in [4.78, 5) is 0. The van der Waals surface area contributed by atoms with E-state index in [2.05, 4.69) is 374 Å². The van der Waals surface area contributed by atoms with Crippen LogP contribution in [-0.4, -0.2) is 0 Å². The van der Waals surface area contributed by atoms with Crippen LogP contribution in [0.5, 0.6) is 0 Å². The molecule has 0 saturated carbocycles. The van der Waals surface area contributed by atoms with Crippen molar-refractivity contribution in [2.75, 3.05) is 0 Å². The summed E-state index contributed by atoms with van der Waals surface area (Å²) >= 11 is 0. The van der Waals surface area contributed by atoms with Crippen LogP contribution in [0.15, 0.2) is 389 Å². The zero-order valence-corrected chi connectivity index (χ0v) is 63.8. The molecule has 0 spiro atoms. The van der Waals surface area contributed by atoms with Gasteiger partial charge in [-0.3, -0.25) is 0 Å². The van der Waals surface area contributed by atoms with E-state index in [-0.39, 0.29) is 5.41 Å². The molecule has 113 heavy (non-hydrogen) atoms. The molecule has 0 amide bonds. The Morgan fingerprint density at radius 3 is 0.894 bits per heavy atom. The summed E-state index contributed by atoms with van der Waals surface area (Å²) in [5, 5.41) is 22.5. The van der Waals surface area contributed by atoms with Crippen molar-refractivity contribution in [2.24, 2.45) is 5.92 Å². The van der Waals surface area contributed by atoms with E-state index in [0.717, 1.165) is 106 Å². The van der Waals surface area contributed by atoms with E-state index >= 15 is 0 Å². The Labute approximate surface area is 656 Å². The highest BCUT2D eigenvalue weighted by molar-refractivity contribution is 6.18. The quantitative estimate of drug-likeness (QED) is 0.135. The van der Waals surface area contributed by atoms with E-state index in [9.17, 15) is 0 Å². The molecule has 0 aliphatic heterocycles. The number of furan rings is 3. The smallest absolute Gasteiger partial charge is 0.143 e. The van der Waals surface area contributed by atoms with E-state index in [4.69, 9.17) is 13.3 Å². The average Bonchev–Trinajstić information content (AvgIpc) is 1.21. The Hall–Kier alpha value is -13.9. The van der Waals surface area contributed by atoms with Crippen molar-refractivity contribution in [3.8, 4) is 77.9 Å². The maximum absolute atomic E-state index is 6.30. The van der Waals surface area contributed by atoms with Crippen molar-refractivity contribution >= 4 is 130 Å². The van der Waals surface area contributed by atoms with Crippen LogP contribution in [0.2, 0.25) is 0 Å². The molecule has 3 aromatic heterocycles. The lowest BCUT2D eigenvalue weighted by molar-refractivity contribution is 0.591. The molecule has 3 nitrogen and oxygen atoms in total. The summed E-state index contributed by atoms with van der Waals surface area (Å²) in [5.74, 6) is 0.645. The molecule has 3 heterocycles. The predicted octanol–water partition coefficient (Wildman–Crippen LogP) is 31.8. The van der Waals surface area contributed by atoms with Gasteiger partial charge in [-0.1, -0.05) is 368 Å². The maximum atomic E-state index is 6.30. The first kappa shape index (κ1) is 68.4. The maximum Gasteiger partial charge on any atom is 0.143 e. The largest absolute Gasteiger partial charge is 0.455 e. The van der Waals surface area contributed by atoms with Gasteiger partial charge in [-0.25, -0.2) is 0 Å². The van der Waals surface area contributed by atoms with Crippen molar-refractivity contribution < 1.29 is 13.3 Å². The molecule has 22 aromatic rings. The van der Waals surface area contributed by atoms with Crippen molar-refractivity contribution in [1.29, 1.82) is 0 Å². The molecule has 0 atom stereocenters. The molecular formula is C110H80O3. The van der Waals surface area contributed by atoms with Gasteiger partial charge in [0.1, 0.15) is 33.5 Å². The second-order valence-electron chi connectivity index (χ2n) is 31.6. The predicted molar refractivity (Wildman–Crippen MR) is 481 cm³/mol. The van der Waals surface area contributed by atoms with E-state index in [1.165, 1.54) is 120 Å². The summed E-state index contributed by atoms with van der Waals surface area (Å²) in [6.45, 7) is 11.4. The summed E-state index contributed by atoms with van der Waals surface area (Å²) < 4.78 is 18.9. The fraction of sp³-hybridized carbons (Fsp3) is 0.0727. The summed E-state index contributed by atoms with van der Waals surface area (Å²) in [7, 11) is 0. The van der Waals surface area contributed by atoms with Crippen LogP contribution in [0.25, 0.3) is 208 Å². The summed E-state index contributed by atoms with van der Waals surface area (Å²) in [6, 6.07) is 135. The van der Waals surface area contributed by atoms with E-state index in [0.29, 0.717) is 5.92 Å². The molecule has 19 aromatic carbocycles. The molecule has 0 radical (unpaired) electrons. The van der Waals surface area contributed by atoms with Crippen molar-refractivity contribution in [1.82, 2.24) is 0 Å². The zero-order valence-electron chi connectivity index (χ0n) is 63.8. The number of para-hydroxylation sites is 6. The van der Waals surface area contributed by atoms with Gasteiger partial charge >= 0.3 is 0 Å². The molecule has 0 unspecified atom stereocenters. The molecule has 0 fully saturated rings. The van der Waals surface area contributed by atoms with Crippen LogP contribution < -0.4 is 0 Å². The fourth-order valence-corrected chi connectivity index (χ4v) is 17.4. The molecular weight excluding hydrogens is 1370 g/mol. The van der Waals surface area contributed by atoms with Crippen molar-refractivity contribution in [3.63, 3.8) is 0 Å². The monoisotopic (exact) mass is 1450 g/mol. The third-order valence-electron chi connectivity index (χ3n) is 23.0. The SMILES string of the molecule is CC(C)(C)c1ccc2cc(-c3ccc(-c4cccc5c4oc4ccccc45)cc3)c3ccccc3c2c1.CC(C)Cc1ccc2cc(-c3ccc(-c4cccc5c4oc4ccccc45)cc3)c3ccccc3c2c1.c1ccc(-c2ccc3cc(-c4ccc(-c5cccc6c5oc5ccccc56)cc4)c4ccccc4c3c2)cc1. The first-order valence-corrected chi connectivity index (χ1v) is 39.4. The van der Waals surface area contributed by atoms with E-state index < -0.39 is 0 Å². The summed E-state index contributed by atoms with van der Waals surface area (Å²) in [5.41, 5.74) is 25.3. The van der Waals surface area contributed by atoms with Crippen LogP contribution in [-0.2, 0) is 11.8 Å². The molecule has 538 valence electrons. The van der Waals surface area contributed by atoms with Crippen LogP contribution in [0.3, 0.4) is 0 Å². The normalized spacial score (nSPS) is 11.9. The van der Waals surface area contributed by atoms with Crippen LogP contribution in [0.1, 0.15) is 45.7 Å². The first-order valence-electron chi connectivity index (χ1n) is 39.4. The van der Waals surface area contributed by atoms with Gasteiger partial charge in [-0.15, -0.1) is 0 Å². The van der Waals surface area contributed by atoms with Gasteiger partial charge in [0, 0.05) is 49.0 Å². The summed E-state index contributed by atoms with van der Waals surface area (Å²) in [6.07, 6.45) is 1.10. The van der Waals surface area contributed by atoms with Gasteiger partial charge in [0.25, 0.3) is 0 Å². The topological polar surface area (TPSA) is 39.4 Å². The minimum atomic E-state index is 0.118. The molecule has 0 aliphatic rings. The second kappa shape index (κ2) is 28.2. The minimum Gasteiger partial charge on any atom is -0.455 e. The molecule has 0 saturated heterocycles. The Bertz CT molecular complexity index is 7430. The standard InChI is InChI=1S/C38H24O.2C36H28O/c1-2-9-25(10-3-1)28-21-22-29-24-35(31-11-4-5-12-32(31)36(29)23-28)27-19-17-26(18-20-27)30-14-8-15-34-33-13-6-7-16-37(33)39-38(30)34;1-36(2,3)26-20-19-25-21-32(28-9-4-5-10-29(28)33(25)22-26)24-17-15-23(16-18-24)27-12-8-13-31-30-11-6-7-14-34(30)37-35(27)31;1-23(2)20-24-14-15-27-22-34(30-9-4-3-8-29(30)33(27)21-24)26-18-16-25(17-19-26)28-11-7-12-32-31-10-5-6-13-35(31)37-36(28)32/h1-24H;4-22H,1-3H3;3-19,21-23H,20H2,1-2H3. The number of benzene rings is 19. The Balaban J connectivity index is 0.000000110. The minimum absolute atomic E-state index is 0.118. The first-order chi connectivity index (χ1) is 55.5. The van der Waals surface area contributed by atoms with Gasteiger partial charge in [0.2, 0.25) is 0 Å². The lowest BCUT2D eigenvalue weighted by Gasteiger charge is -2.20. The second-order valence-corrected chi connectivity index (χ2v) is 31.6. The Morgan fingerprint density at radius 1 is 0.212 bits per heavy atom. The van der Waals surface area contributed by atoms with Gasteiger partial charge in [-0.05, 0) is 197 Å². The van der Waals surface area contributed by atoms with Gasteiger partial charge in [-0.2, -0.15) is 0 Å². The van der Waals surface area contributed by atoms with E-state index in [1.807, 2.05) is 36.4 Å². The molecule has 0 N–H and O–H groups in total. The number of hydrogen-bond donors (Lipinski definition) is 0. The molecule has 0 bridgehead atoms. The van der Waals surface area contributed by atoms with Crippen molar-refractivity contribution in [3.05, 3.63) is 387 Å². The van der Waals surface area contributed by atoms with Crippen LogP contribution in [0.4, 0.5) is 0 Å². The van der Waals surface area contributed by atoms with Crippen LogP contribution >= 0.6 is 0 Å². The van der Waals surface area contributed by atoms with E-state index in [1.54, 1.807) is 0 Å². The highest BCUT2D eigenvalue weighted by atomic mass is 16.3. The third-order valence-corrected chi connectivity index (χ3v) is 23.0. The fourth-order valence-electron chi connectivity index (χ4n) is 17.4. The highest BCUT2D eigenvalue weighted by Gasteiger charge is 2.21. The average molecular weight is 1450 g/mol. The highest BCUT2D eigenvalue weighted by Crippen LogP contribution is 2.45. The molecule has 0 aliphatic carbocycles. The Kier molecular flexibility index (Phi) is 17.1.